The fourth-order valence-corrected chi connectivity index (χ4v) is 2.38. The average Bonchev–Trinajstić information content (AvgIpc) is 2.77. The molecule has 84 valence electrons. The van der Waals surface area contributed by atoms with E-state index in [-0.39, 0.29) is 0 Å². The van der Waals surface area contributed by atoms with Gasteiger partial charge in [0.2, 0.25) is 0 Å². The van der Waals surface area contributed by atoms with Gasteiger partial charge in [0.05, 0.1) is 6.20 Å². The molecular weight excluding hydrogens is 186 g/mol. The van der Waals surface area contributed by atoms with Gasteiger partial charge in [-0.2, -0.15) is 5.10 Å². The highest BCUT2D eigenvalue weighted by Gasteiger charge is 2.38. The summed E-state index contributed by atoms with van der Waals surface area (Å²) in [5.41, 5.74) is 1.35. The Labute approximate surface area is 91.9 Å². The monoisotopic (exact) mass is 207 g/mol. The maximum atomic E-state index is 4.22. The molecule has 1 fully saturated rings. The molecule has 3 unspecified atom stereocenters. The zero-order valence-corrected chi connectivity index (χ0v) is 9.90. The van der Waals surface area contributed by atoms with Crippen LogP contribution in [0.15, 0.2) is 12.4 Å². The molecule has 3 heteroatoms. The van der Waals surface area contributed by atoms with Crippen LogP contribution < -0.4 is 5.32 Å². The summed E-state index contributed by atoms with van der Waals surface area (Å²) in [4.78, 5) is 0. The minimum atomic E-state index is 0.647. The molecule has 1 aromatic rings. The lowest BCUT2D eigenvalue weighted by Gasteiger charge is -2.16. The van der Waals surface area contributed by atoms with Gasteiger partial charge in [-0.3, -0.25) is 4.68 Å². The van der Waals surface area contributed by atoms with Crippen LogP contribution in [0.4, 0.5) is 0 Å². The van der Waals surface area contributed by atoms with E-state index in [1.165, 1.54) is 12.0 Å². The third-order valence-corrected chi connectivity index (χ3v) is 3.37. The third-order valence-electron chi connectivity index (χ3n) is 3.37. The van der Waals surface area contributed by atoms with Gasteiger partial charge in [0.25, 0.3) is 0 Å². The molecule has 0 amide bonds. The van der Waals surface area contributed by atoms with Crippen molar-refractivity contribution in [3.63, 3.8) is 0 Å². The van der Waals surface area contributed by atoms with E-state index < -0.39 is 0 Å². The first-order valence-corrected chi connectivity index (χ1v) is 5.91. The van der Waals surface area contributed by atoms with Crippen LogP contribution in [0.5, 0.6) is 0 Å². The number of rotatable bonds is 5. The molecular formula is C12H21N3. The minimum absolute atomic E-state index is 0.647. The lowest BCUT2D eigenvalue weighted by atomic mass is 10.0. The molecule has 1 aliphatic carbocycles. The smallest absolute Gasteiger partial charge is 0.0522 e. The highest BCUT2D eigenvalue weighted by Crippen LogP contribution is 2.41. The Morgan fingerprint density at radius 2 is 2.40 bits per heavy atom. The quantitative estimate of drug-likeness (QED) is 0.794. The Balaban J connectivity index is 1.94. The van der Waals surface area contributed by atoms with E-state index in [0.29, 0.717) is 6.04 Å². The maximum absolute atomic E-state index is 4.22. The first-order chi connectivity index (χ1) is 7.20. The zero-order valence-electron chi connectivity index (χ0n) is 9.90. The molecule has 0 radical (unpaired) electrons. The Morgan fingerprint density at radius 3 is 2.87 bits per heavy atom. The van der Waals surface area contributed by atoms with Crippen molar-refractivity contribution in [3.8, 4) is 0 Å². The molecule has 1 saturated carbocycles. The van der Waals surface area contributed by atoms with Crippen LogP contribution in [0, 0.1) is 11.8 Å². The highest BCUT2D eigenvalue weighted by molar-refractivity contribution is 5.08. The molecule has 0 bridgehead atoms. The molecule has 0 aromatic carbocycles. The van der Waals surface area contributed by atoms with Crippen molar-refractivity contribution in [1.82, 2.24) is 15.1 Å². The standard InChI is InChI=1S/C12H21N3/c1-4-13-12(11-5-9(11)2)6-10-7-14-15(3)8-10/h7-9,11-13H,4-6H2,1-3H3. The Bertz CT molecular complexity index is 318. The van der Waals surface area contributed by atoms with Crippen molar-refractivity contribution in [1.29, 1.82) is 0 Å². The van der Waals surface area contributed by atoms with Gasteiger partial charge in [-0.05, 0) is 36.8 Å². The normalized spacial score (nSPS) is 26.6. The number of aromatic nitrogens is 2. The number of nitrogens with one attached hydrogen (secondary N) is 1. The van der Waals surface area contributed by atoms with Gasteiger partial charge in [0, 0.05) is 19.3 Å². The number of aryl methyl sites for hydroxylation is 1. The molecule has 0 spiro atoms. The van der Waals surface area contributed by atoms with Crippen molar-refractivity contribution < 1.29 is 0 Å². The lowest BCUT2D eigenvalue weighted by Crippen LogP contribution is -2.33. The van der Waals surface area contributed by atoms with E-state index in [2.05, 4.69) is 30.5 Å². The van der Waals surface area contributed by atoms with Crippen molar-refractivity contribution in [2.75, 3.05) is 6.54 Å². The van der Waals surface area contributed by atoms with Crippen LogP contribution in [0.1, 0.15) is 25.8 Å². The predicted molar refractivity (Wildman–Crippen MR) is 61.6 cm³/mol. The van der Waals surface area contributed by atoms with E-state index in [1.54, 1.807) is 0 Å². The molecule has 1 N–H and O–H groups in total. The number of nitrogens with zero attached hydrogens (tertiary/aromatic N) is 2. The molecule has 0 aliphatic heterocycles. The SMILES string of the molecule is CCNC(Cc1cnn(C)c1)C1CC1C. The van der Waals surface area contributed by atoms with Gasteiger partial charge >= 0.3 is 0 Å². The predicted octanol–water partition coefficient (Wildman–Crippen LogP) is 1.60. The van der Waals surface area contributed by atoms with Gasteiger partial charge in [0.15, 0.2) is 0 Å². The maximum Gasteiger partial charge on any atom is 0.0522 e. The Morgan fingerprint density at radius 1 is 1.67 bits per heavy atom. The highest BCUT2D eigenvalue weighted by atomic mass is 15.2. The average molecular weight is 207 g/mol. The second-order valence-electron chi connectivity index (χ2n) is 4.77. The second-order valence-corrected chi connectivity index (χ2v) is 4.77. The summed E-state index contributed by atoms with van der Waals surface area (Å²) in [5, 5.41) is 7.81. The van der Waals surface area contributed by atoms with E-state index in [1.807, 2.05) is 17.9 Å². The van der Waals surface area contributed by atoms with Crippen LogP contribution in [0.2, 0.25) is 0 Å². The molecule has 3 atom stereocenters. The van der Waals surface area contributed by atoms with Crippen LogP contribution in [0.3, 0.4) is 0 Å². The summed E-state index contributed by atoms with van der Waals surface area (Å²) in [6.45, 7) is 5.59. The first kappa shape index (κ1) is 10.7. The van der Waals surface area contributed by atoms with Crippen LogP contribution >= 0.6 is 0 Å². The van der Waals surface area contributed by atoms with Gasteiger partial charge in [-0.1, -0.05) is 13.8 Å². The van der Waals surface area contributed by atoms with E-state index in [4.69, 9.17) is 0 Å². The lowest BCUT2D eigenvalue weighted by molar-refractivity contribution is 0.454. The summed E-state index contributed by atoms with van der Waals surface area (Å²) in [7, 11) is 1.98. The first-order valence-electron chi connectivity index (χ1n) is 5.91. The van der Waals surface area contributed by atoms with Crippen LogP contribution in [-0.2, 0) is 13.5 Å². The van der Waals surface area contributed by atoms with Gasteiger partial charge in [0.1, 0.15) is 0 Å². The fourth-order valence-electron chi connectivity index (χ4n) is 2.38. The number of likely N-dealkylation sites (N-methyl/N-ethyl adjacent to an activating group) is 1. The zero-order chi connectivity index (χ0) is 10.8. The fraction of sp³-hybridized carbons (Fsp3) is 0.750. The molecule has 2 rings (SSSR count). The minimum Gasteiger partial charge on any atom is -0.314 e. The summed E-state index contributed by atoms with van der Waals surface area (Å²) < 4.78 is 1.88. The summed E-state index contributed by atoms with van der Waals surface area (Å²) in [6.07, 6.45) is 6.61. The van der Waals surface area contributed by atoms with Crippen LogP contribution in [0.25, 0.3) is 0 Å². The molecule has 1 heterocycles. The molecule has 1 aromatic heterocycles. The van der Waals surface area contributed by atoms with E-state index in [0.717, 1.165) is 24.8 Å². The second kappa shape index (κ2) is 4.35. The van der Waals surface area contributed by atoms with Crippen molar-refractivity contribution >= 4 is 0 Å². The summed E-state index contributed by atoms with van der Waals surface area (Å²) >= 11 is 0. The Hall–Kier alpha value is -0.830. The molecule has 15 heavy (non-hydrogen) atoms. The van der Waals surface area contributed by atoms with E-state index in [9.17, 15) is 0 Å². The van der Waals surface area contributed by atoms with Crippen molar-refractivity contribution in [2.24, 2.45) is 18.9 Å². The van der Waals surface area contributed by atoms with E-state index >= 15 is 0 Å². The number of hydrogen-bond donors (Lipinski definition) is 1. The molecule has 3 nitrogen and oxygen atoms in total. The van der Waals surface area contributed by atoms with Crippen molar-refractivity contribution in [3.05, 3.63) is 18.0 Å². The summed E-state index contributed by atoms with van der Waals surface area (Å²) in [5.74, 6) is 1.79. The number of hydrogen-bond acceptors (Lipinski definition) is 2. The Kier molecular flexibility index (Phi) is 3.10. The largest absolute Gasteiger partial charge is 0.314 e. The topological polar surface area (TPSA) is 29.9 Å². The third kappa shape index (κ3) is 2.59. The molecule has 1 aliphatic rings. The van der Waals surface area contributed by atoms with Gasteiger partial charge in [-0.15, -0.1) is 0 Å². The molecule has 0 saturated heterocycles. The van der Waals surface area contributed by atoms with Gasteiger partial charge in [-0.25, -0.2) is 0 Å². The van der Waals surface area contributed by atoms with Crippen molar-refractivity contribution in [2.45, 2.75) is 32.7 Å². The summed E-state index contributed by atoms with van der Waals surface area (Å²) in [6, 6.07) is 0.647. The van der Waals surface area contributed by atoms with Gasteiger partial charge < -0.3 is 5.32 Å². The van der Waals surface area contributed by atoms with Crippen LogP contribution in [-0.4, -0.2) is 22.4 Å².